The number of ketones is 2. The molecule has 0 heterocycles. The van der Waals surface area contributed by atoms with E-state index in [0.29, 0.717) is 5.69 Å². The van der Waals surface area contributed by atoms with Crippen molar-refractivity contribution in [2.24, 2.45) is 0 Å². The van der Waals surface area contributed by atoms with Crippen molar-refractivity contribution in [2.75, 3.05) is 16.2 Å². The summed E-state index contributed by atoms with van der Waals surface area (Å²) >= 11 is 0. The van der Waals surface area contributed by atoms with E-state index in [2.05, 4.69) is 4.72 Å². The van der Waals surface area contributed by atoms with Gasteiger partial charge in [0.05, 0.1) is 16.8 Å². The molecule has 8 nitrogen and oxygen atoms in total. The molecule has 0 saturated carbocycles. The number of rotatable bonds is 5. The van der Waals surface area contributed by atoms with E-state index in [-0.39, 0.29) is 32.9 Å². The largest absolute Gasteiger partial charge is 0.397 e. The molecule has 1 atom stereocenters. The Balaban J connectivity index is 2.07. The first-order valence-corrected chi connectivity index (χ1v) is 12.8. The molecule has 1 unspecified atom stereocenters. The molecule has 0 spiro atoms. The molecule has 0 saturated heterocycles. The second kappa shape index (κ2) is 7.75. The van der Waals surface area contributed by atoms with Gasteiger partial charge in [-0.05, 0) is 28.7 Å². The third-order valence-corrected chi connectivity index (χ3v) is 8.64. The molecule has 4 rings (SSSR count). The number of nitrogen functional groups attached to an aromatic ring is 1. The van der Waals surface area contributed by atoms with Crippen LogP contribution in [-0.4, -0.2) is 34.8 Å². The lowest BCUT2D eigenvalue weighted by atomic mass is 9.83. The summed E-state index contributed by atoms with van der Waals surface area (Å²) in [5, 5.41) is 0. The quantitative estimate of drug-likeness (QED) is 0.252. The monoisotopic (exact) mass is 472 g/mol. The van der Waals surface area contributed by atoms with E-state index in [1.54, 1.807) is 49.4 Å². The zero-order chi connectivity index (χ0) is 23.3. The number of carbonyl (C=O) groups excluding carboxylic acids is 2. The van der Waals surface area contributed by atoms with Crippen LogP contribution in [-0.2, 0) is 10.1 Å². The van der Waals surface area contributed by atoms with Crippen molar-refractivity contribution in [1.82, 2.24) is 0 Å². The number of nitrogens with two attached hydrogens (primary N) is 1. The molecule has 10 heteroatoms. The summed E-state index contributed by atoms with van der Waals surface area (Å²) in [6, 6.07) is 15.7. The van der Waals surface area contributed by atoms with Gasteiger partial charge in [-0.3, -0.25) is 14.1 Å². The Kier molecular flexibility index (Phi) is 5.33. The van der Waals surface area contributed by atoms with Crippen molar-refractivity contribution >= 4 is 43.6 Å². The lowest BCUT2D eigenvalue weighted by molar-refractivity contribution is 0.0977. The Morgan fingerprint density at radius 1 is 0.844 bits per heavy atom. The Labute approximate surface area is 186 Å². The molecule has 3 aromatic carbocycles. The predicted molar refractivity (Wildman–Crippen MR) is 123 cm³/mol. The van der Waals surface area contributed by atoms with E-state index < -0.39 is 42.8 Å². The molecule has 0 radical (unpaired) electrons. The normalized spacial score (nSPS) is 16.0. The Hall–Kier alpha value is -3.18. The van der Waals surface area contributed by atoms with Crippen LogP contribution >= 0.6 is 10.5 Å². The van der Waals surface area contributed by atoms with E-state index in [9.17, 15) is 27.1 Å². The van der Waals surface area contributed by atoms with Crippen molar-refractivity contribution < 1.29 is 27.1 Å². The van der Waals surface area contributed by atoms with Crippen LogP contribution in [0.1, 0.15) is 38.8 Å². The number of anilines is 2. The zero-order valence-electron chi connectivity index (χ0n) is 16.9. The topological polar surface area (TPSA) is 147 Å². The average molecular weight is 473 g/mol. The van der Waals surface area contributed by atoms with Gasteiger partial charge in [-0.25, -0.2) is 0 Å². The van der Waals surface area contributed by atoms with Crippen LogP contribution in [0.5, 0.6) is 0 Å². The van der Waals surface area contributed by atoms with Gasteiger partial charge in [-0.1, -0.05) is 49.4 Å². The van der Waals surface area contributed by atoms with Gasteiger partial charge in [0, 0.05) is 27.5 Å². The summed E-state index contributed by atoms with van der Waals surface area (Å²) in [5.74, 6) is -1.14. The van der Waals surface area contributed by atoms with Gasteiger partial charge in [0.2, 0.25) is 0 Å². The standard InChI is InChI=1S/C22H20N2O6S2/c1-2-31(27,24-13-8-4-3-5-9-13)16-12-17(32(28,29)30)20(23)19-18(16)21(25)14-10-6-7-11-15(14)22(19)26/h3-12,24,27H,2,23H2,1H3,(H,28,29,30). The van der Waals surface area contributed by atoms with Gasteiger partial charge >= 0.3 is 0 Å². The Morgan fingerprint density at radius 3 is 1.91 bits per heavy atom. The summed E-state index contributed by atoms with van der Waals surface area (Å²) in [7, 11) is -7.93. The van der Waals surface area contributed by atoms with Crippen LogP contribution in [0.15, 0.2) is 70.5 Å². The smallest absolute Gasteiger partial charge is 0.296 e. The molecule has 0 aromatic heterocycles. The third kappa shape index (κ3) is 3.47. The molecule has 0 amide bonds. The van der Waals surface area contributed by atoms with E-state index in [4.69, 9.17) is 5.73 Å². The van der Waals surface area contributed by atoms with Crippen molar-refractivity contribution in [3.63, 3.8) is 0 Å². The summed E-state index contributed by atoms with van der Waals surface area (Å²) in [6.45, 7) is 1.66. The second-order valence-electron chi connectivity index (χ2n) is 7.17. The van der Waals surface area contributed by atoms with Crippen LogP contribution in [0.4, 0.5) is 11.4 Å². The summed E-state index contributed by atoms with van der Waals surface area (Å²) in [5.41, 5.74) is 5.69. The van der Waals surface area contributed by atoms with Crippen LogP contribution in [0.3, 0.4) is 0 Å². The molecular formula is C22H20N2O6S2. The van der Waals surface area contributed by atoms with Crippen molar-refractivity contribution in [2.45, 2.75) is 16.7 Å². The Morgan fingerprint density at radius 2 is 1.38 bits per heavy atom. The fourth-order valence-corrected chi connectivity index (χ4v) is 6.38. The number of hydrogen-bond acceptors (Lipinski definition) is 7. The van der Waals surface area contributed by atoms with Gasteiger partial charge in [-0.2, -0.15) is 8.42 Å². The number of carbonyl (C=O) groups is 2. The van der Waals surface area contributed by atoms with Crippen LogP contribution in [0, 0.1) is 0 Å². The fourth-order valence-electron chi connectivity index (χ4n) is 3.72. The summed E-state index contributed by atoms with van der Waals surface area (Å²) in [4.78, 5) is 25.9. The van der Waals surface area contributed by atoms with Gasteiger partial charge in [0.25, 0.3) is 10.1 Å². The van der Waals surface area contributed by atoms with E-state index in [1.807, 2.05) is 0 Å². The highest BCUT2D eigenvalue weighted by atomic mass is 32.3. The summed E-state index contributed by atoms with van der Waals surface area (Å²) in [6.07, 6.45) is 0. The molecule has 0 fully saturated rings. The minimum Gasteiger partial charge on any atom is -0.397 e. The minimum atomic E-state index is -4.86. The maximum absolute atomic E-state index is 13.5. The number of para-hydroxylation sites is 1. The predicted octanol–water partition coefficient (Wildman–Crippen LogP) is 3.97. The molecule has 0 bridgehead atoms. The van der Waals surface area contributed by atoms with Crippen LogP contribution in [0.25, 0.3) is 0 Å². The first-order chi connectivity index (χ1) is 15.1. The molecule has 1 aliphatic carbocycles. The molecule has 3 aromatic rings. The maximum atomic E-state index is 13.5. The number of hydrogen-bond donors (Lipinski definition) is 4. The highest BCUT2D eigenvalue weighted by molar-refractivity contribution is 8.30. The minimum absolute atomic E-state index is 0.0706. The molecule has 32 heavy (non-hydrogen) atoms. The lowest BCUT2D eigenvalue weighted by Crippen LogP contribution is -2.27. The molecular weight excluding hydrogens is 452 g/mol. The maximum Gasteiger partial charge on any atom is 0.296 e. The first kappa shape index (κ1) is 22.0. The molecule has 166 valence electrons. The fraction of sp³-hybridized carbons (Fsp3) is 0.0909. The summed E-state index contributed by atoms with van der Waals surface area (Å²) < 4.78 is 48.6. The molecule has 1 aliphatic rings. The third-order valence-electron chi connectivity index (χ3n) is 5.28. The van der Waals surface area contributed by atoms with Gasteiger partial charge in [0.15, 0.2) is 11.6 Å². The van der Waals surface area contributed by atoms with E-state index in [1.165, 1.54) is 12.1 Å². The molecule has 5 N–H and O–H groups in total. The van der Waals surface area contributed by atoms with Crippen molar-refractivity contribution in [3.05, 3.63) is 82.9 Å². The highest BCUT2D eigenvalue weighted by Crippen LogP contribution is 2.56. The van der Waals surface area contributed by atoms with E-state index in [0.717, 1.165) is 6.07 Å². The van der Waals surface area contributed by atoms with Crippen LogP contribution < -0.4 is 10.5 Å². The van der Waals surface area contributed by atoms with E-state index >= 15 is 0 Å². The average Bonchev–Trinajstić information content (AvgIpc) is 2.77. The SMILES string of the molecule is CCS(O)(Nc1ccccc1)c1cc(S(=O)(=O)O)c(N)c2c1C(=O)c1ccccc1C2=O. The Bertz CT molecular complexity index is 1370. The van der Waals surface area contributed by atoms with Crippen molar-refractivity contribution in [1.29, 1.82) is 0 Å². The van der Waals surface area contributed by atoms with Crippen molar-refractivity contribution in [3.8, 4) is 0 Å². The number of benzene rings is 3. The van der Waals surface area contributed by atoms with Gasteiger partial charge in [-0.15, -0.1) is 0 Å². The van der Waals surface area contributed by atoms with Crippen LogP contribution in [0.2, 0.25) is 0 Å². The number of nitrogens with one attached hydrogen (secondary N) is 1. The lowest BCUT2D eigenvalue weighted by Gasteiger charge is -2.38. The first-order valence-electron chi connectivity index (χ1n) is 9.57. The number of fused-ring (bicyclic) bond motifs is 2. The molecule has 0 aliphatic heterocycles. The van der Waals surface area contributed by atoms with Gasteiger partial charge in [0.1, 0.15) is 4.90 Å². The second-order valence-corrected chi connectivity index (χ2v) is 11.2. The highest BCUT2D eigenvalue weighted by Gasteiger charge is 2.40. The van der Waals surface area contributed by atoms with Gasteiger partial charge < -0.3 is 15.0 Å². The zero-order valence-corrected chi connectivity index (χ0v) is 18.5.